The second-order valence-electron chi connectivity index (χ2n) is 6.16. The molecule has 2 aromatic heterocycles. The van der Waals surface area contributed by atoms with Crippen molar-refractivity contribution < 1.29 is 4.79 Å². The largest absolute Gasteiger partial charge is 0.361 e. The maximum absolute atomic E-state index is 12.2. The predicted molar refractivity (Wildman–Crippen MR) is 104 cm³/mol. The van der Waals surface area contributed by atoms with Crippen molar-refractivity contribution in [2.24, 2.45) is 5.10 Å². The molecule has 0 aliphatic heterocycles. The Bertz CT molecular complexity index is 1090. The van der Waals surface area contributed by atoms with Gasteiger partial charge in [-0.15, -0.1) is 0 Å². The van der Waals surface area contributed by atoms with Gasteiger partial charge in [-0.1, -0.05) is 30.3 Å². The summed E-state index contributed by atoms with van der Waals surface area (Å²) in [5.41, 5.74) is 7.17. The third-order valence-corrected chi connectivity index (χ3v) is 4.34. The standard InChI is InChI=1S/C20H18N6O/c1-14(15-6-8-17(9-7-15)26-13-21-12-23-26)24-25-20(27)10-16-11-22-19-5-3-2-4-18(16)19/h2-9,11-13,22H,10H2,1H3,(H,25,27)/b24-14-. The van der Waals surface area contributed by atoms with Crippen LogP contribution in [-0.4, -0.2) is 31.4 Å². The van der Waals surface area contributed by atoms with E-state index in [1.807, 2.05) is 61.7 Å². The number of hydrogen-bond donors (Lipinski definition) is 2. The second kappa shape index (κ2) is 7.25. The number of amides is 1. The van der Waals surface area contributed by atoms with Crippen LogP contribution in [0.25, 0.3) is 16.6 Å². The summed E-state index contributed by atoms with van der Waals surface area (Å²) in [6.07, 6.45) is 5.26. The molecule has 27 heavy (non-hydrogen) atoms. The molecule has 0 saturated carbocycles. The van der Waals surface area contributed by atoms with E-state index in [0.29, 0.717) is 0 Å². The van der Waals surface area contributed by atoms with Gasteiger partial charge in [-0.2, -0.15) is 10.2 Å². The first-order valence-electron chi connectivity index (χ1n) is 8.54. The van der Waals surface area contributed by atoms with Gasteiger partial charge in [0.15, 0.2) is 0 Å². The Labute approximate surface area is 155 Å². The smallest absolute Gasteiger partial charge is 0.244 e. The van der Waals surface area contributed by atoms with Gasteiger partial charge in [-0.3, -0.25) is 4.79 Å². The van der Waals surface area contributed by atoms with E-state index >= 15 is 0 Å². The van der Waals surface area contributed by atoms with Gasteiger partial charge >= 0.3 is 0 Å². The number of para-hydroxylation sites is 1. The van der Waals surface area contributed by atoms with E-state index in [0.717, 1.165) is 33.4 Å². The lowest BCUT2D eigenvalue weighted by Crippen LogP contribution is -2.21. The number of aromatic nitrogens is 4. The lowest BCUT2D eigenvalue weighted by atomic mass is 10.1. The monoisotopic (exact) mass is 358 g/mol. The summed E-state index contributed by atoms with van der Waals surface area (Å²) in [4.78, 5) is 19.4. The first kappa shape index (κ1) is 16.7. The molecule has 4 aromatic rings. The maximum atomic E-state index is 12.2. The van der Waals surface area contributed by atoms with Crippen molar-refractivity contribution in [1.29, 1.82) is 0 Å². The minimum Gasteiger partial charge on any atom is -0.361 e. The van der Waals surface area contributed by atoms with E-state index in [2.05, 4.69) is 25.6 Å². The number of nitrogens with one attached hydrogen (secondary N) is 2. The van der Waals surface area contributed by atoms with Crippen molar-refractivity contribution in [3.63, 3.8) is 0 Å². The molecule has 134 valence electrons. The quantitative estimate of drug-likeness (QED) is 0.425. The maximum Gasteiger partial charge on any atom is 0.244 e. The topological polar surface area (TPSA) is 88.0 Å². The molecule has 7 heteroatoms. The molecule has 0 bridgehead atoms. The fraction of sp³-hybridized carbons (Fsp3) is 0.100. The number of nitrogens with zero attached hydrogens (tertiary/aromatic N) is 4. The van der Waals surface area contributed by atoms with Crippen LogP contribution in [0.1, 0.15) is 18.1 Å². The normalized spacial score (nSPS) is 11.7. The number of carbonyl (C=O) groups is 1. The molecule has 4 rings (SSSR count). The molecule has 0 unspecified atom stereocenters. The van der Waals surface area contributed by atoms with Gasteiger partial charge in [0.2, 0.25) is 5.91 Å². The van der Waals surface area contributed by atoms with Crippen molar-refractivity contribution in [2.45, 2.75) is 13.3 Å². The lowest BCUT2D eigenvalue weighted by molar-refractivity contribution is -0.120. The van der Waals surface area contributed by atoms with Crippen LogP contribution < -0.4 is 5.43 Å². The van der Waals surface area contributed by atoms with Crippen molar-refractivity contribution in [3.05, 3.63) is 78.5 Å². The predicted octanol–water partition coefficient (Wildman–Crippen LogP) is 2.83. The highest BCUT2D eigenvalue weighted by atomic mass is 16.2. The Hall–Kier alpha value is -3.74. The molecule has 1 amide bonds. The molecule has 0 spiro atoms. The summed E-state index contributed by atoms with van der Waals surface area (Å²) in [6, 6.07) is 15.6. The number of rotatable bonds is 5. The zero-order valence-electron chi connectivity index (χ0n) is 14.8. The minimum atomic E-state index is -0.154. The lowest BCUT2D eigenvalue weighted by Gasteiger charge is -2.05. The van der Waals surface area contributed by atoms with Gasteiger partial charge in [0.1, 0.15) is 12.7 Å². The summed E-state index contributed by atoms with van der Waals surface area (Å²) >= 11 is 0. The van der Waals surface area contributed by atoms with Crippen molar-refractivity contribution >= 4 is 22.5 Å². The van der Waals surface area contributed by atoms with Gasteiger partial charge in [-0.05, 0) is 36.2 Å². The van der Waals surface area contributed by atoms with Crippen LogP contribution >= 0.6 is 0 Å². The molecule has 2 heterocycles. The zero-order chi connectivity index (χ0) is 18.6. The van der Waals surface area contributed by atoms with Crippen LogP contribution in [0, 0.1) is 0 Å². The molecule has 0 saturated heterocycles. The Kier molecular flexibility index (Phi) is 4.49. The van der Waals surface area contributed by atoms with Crippen molar-refractivity contribution in [2.75, 3.05) is 0 Å². The van der Waals surface area contributed by atoms with E-state index in [-0.39, 0.29) is 12.3 Å². The minimum absolute atomic E-state index is 0.154. The zero-order valence-corrected chi connectivity index (χ0v) is 14.8. The van der Waals surface area contributed by atoms with Crippen LogP contribution in [0.15, 0.2) is 72.5 Å². The molecule has 0 aliphatic rings. The number of aromatic amines is 1. The average Bonchev–Trinajstić information content (AvgIpc) is 3.37. The van der Waals surface area contributed by atoms with Gasteiger partial charge in [-0.25, -0.2) is 15.1 Å². The van der Waals surface area contributed by atoms with Crippen LogP contribution in [0.3, 0.4) is 0 Å². The van der Waals surface area contributed by atoms with Gasteiger partial charge in [0.25, 0.3) is 0 Å². The molecule has 7 nitrogen and oxygen atoms in total. The molecule has 2 N–H and O–H groups in total. The van der Waals surface area contributed by atoms with Crippen molar-refractivity contribution in [3.8, 4) is 5.69 Å². The van der Waals surface area contributed by atoms with Gasteiger partial charge in [0.05, 0.1) is 17.8 Å². The third kappa shape index (κ3) is 3.62. The highest BCUT2D eigenvalue weighted by Crippen LogP contribution is 2.18. The first-order valence-corrected chi connectivity index (χ1v) is 8.54. The van der Waals surface area contributed by atoms with E-state index in [1.165, 1.54) is 6.33 Å². The van der Waals surface area contributed by atoms with Crippen LogP contribution in [0.2, 0.25) is 0 Å². The molecule has 2 aromatic carbocycles. The number of benzene rings is 2. The summed E-state index contributed by atoms with van der Waals surface area (Å²) in [6.45, 7) is 1.86. The SMILES string of the molecule is C/C(=N/NC(=O)Cc1c[nH]c2ccccc12)c1ccc(-n2cncn2)cc1. The van der Waals surface area contributed by atoms with E-state index in [9.17, 15) is 4.79 Å². The van der Waals surface area contributed by atoms with Crippen molar-refractivity contribution in [1.82, 2.24) is 25.2 Å². The summed E-state index contributed by atoms with van der Waals surface area (Å²) in [5.74, 6) is -0.154. The van der Waals surface area contributed by atoms with E-state index in [4.69, 9.17) is 0 Å². The average molecular weight is 358 g/mol. The Morgan fingerprint density at radius 2 is 2.00 bits per heavy atom. The Morgan fingerprint density at radius 1 is 1.19 bits per heavy atom. The highest BCUT2D eigenvalue weighted by molar-refractivity contribution is 5.99. The Balaban J connectivity index is 1.42. The number of H-pyrrole nitrogens is 1. The first-order chi connectivity index (χ1) is 13.2. The Morgan fingerprint density at radius 3 is 2.78 bits per heavy atom. The molecule has 0 atom stereocenters. The molecule has 0 radical (unpaired) electrons. The molecule has 0 fully saturated rings. The molecular weight excluding hydrogens is 340 g/mol. The second-order valence-corrected chi connectivity index (χ2v) is 6.16. The number of fused-ring (bicyclic) bond motifs is 1. The van der Waals surface area contributed by atoms with Gasteiger partial charge < -0.3 is 4.98 Å². The van der Waals surface area contributed by atoms with Crippen LogP contribution in [0.4, 0.5) is 0 Å². The number of carbonyl (C=O) groups excluding carboxylic acids is 1. The van der Waals surface area contributed by atoms with Gasteiger partial charge in [0, 0.05) is 17.1 Å². The highest BCUT2D eigenvalue weighted by Gasteiger charge is 2.08. The molecular formula is C20H18N6O. The molecule has 0 aliphatic carbocycles. The number of hydrazone groups is 1. The summed E-state index contributed by atoms with van der Waals surface area (Å²) in [7, 11) is 0. The fourth-order valence-electron chi connectivity index (χ4n) is 2.90. The van der Waals surface area contributed by atoms with E-state index in [1.54, 1.807) is 11.0 Å². The third-order valence-electron chi connectivity index (χ3n) is 4.34. The summed E-state index contributed by atoms with van der Waals surface area (Å²) in [5, 5.41) is 9.37. The van der Waals surface area contributed by atoms with Crippen LogP contribution in [0.5, 0.6) is 0 Å². The van der Waals surface area contributed by atoms with Crippen LogP contribution in [-0.2, 0) is 11.2 Å². The fourth-order valence-corrected chi connectivity index (χ4v) is 2.90. The van der Waals surface area contributed by atoms with E-state index < -0.39 is 0 Å². The summed E-state index contributed by atoms with van der Waals surface area (Å²) < 4.78 is 1.68. The number of hydrogen-bond acceptors (Lipinski definition) is 4.